The molecule has 0 bridgehead atoms. The highest BCUT2D eigenvalue weighted by Gasteiger charge is 2.15. The van der Waals surface area contributed by atoms with Crippen LogP contribution in [0.15, 0.2) is 41.0 Å². The number of hydrogen-bond donors (Lipinski definition) is 2. The summed E-state index contributed by atoms with van der Waals surface area (Å²) >= 11 is 3.43. The van der Waals surface area contributed by atoms with Gasteiger partial charge < -0.3 is 15.8 Å². The van der Waals surface area contributed by atoms with Crippen LogP contribution in [-0.2, 0) is 4.74 Å². The lowest BCUT2D eigenvalue weighted by Gasteiger charge is -2.12. The molecule has 0 atom stereocenters. The molecule has 0 aliphatic heterocycles. The lowest BCUT2D eigenvalue weighted by molar-refractivity contribution is 0.0527. The molecule has 1 aromatic heterocycles. The number of rotatable bonds is 4. The van der Waals surface area contributed by atoms with E-state index in [0.29, 0.717) is 18.0 Å². The first kappa shape index (κ1) is 14.3. The SMILES string of the molecule is CCOC(=O)c1ccnc(Nc2ccccc2Br)c1N. The van der Waals surface area contributed by atoms with E-state index in [0.717, 1.165) is 10.2 Å². The van der Waals surface area contributed by atoms with Gasteiger partial charge in [0.15, 0.2) is 5.82 Å². The van der Waals surface area contributed by atoms with Crippen LogP contribution in [-0.4, -0.2) is 17.6 Å². The maximum Gasteiger partial charge on any atom is 0.340 e. The third kappa shape index (κ3) is 3.08. The van der Waals surface area contributed by atoms with E-state index in [2.05, 4.69) is 26.2 Å². The Kier molecular flexibility index (Phi) is 4.57. The first-order valence-electron chi connectivity index (χ1n) is 6.06. The standard InChI is InChI=1S/C14H14BrN3O2/c1-2-20-14(19)9-7-8-17-13(12(9)16)18-11-6-4-3-5-10(11)15/h3-8H,2,16H2,1H3,(H,17,18). The van der Waals surface area contributed by atoms with Crippen molar-refractivity contribution in [1.82, 2.24) is 4.98 Å². The largest absolute Gasteiger partial charge is 0.462 e. The van der Waals surface area contributed by atoms with Gasteiger partial charge in [0, 0.05) is 10.7 Å². The van der Waals surface area contributed by atoms with Crippen LogP contribution in [0.2, 0.25) is 0 Å². The van der Waals surface area contributed by atoms with Crippen LogP contribution in [0.1, 0.15) is 17.3 Å². The lowest BCUT2D eigenvalue weighted by Crippen LogP contribution is -2.10. The molecule has 2 aromatic rings. The second-order valence-electron chi connectivity index (χ2n) is 3.95. The number of esters is 1. The van der Waals surface area contributed by atoms with Gasteiger partial charge in [0.2, 0.25) is 0 Å². The molecule has 0 saturated carbocycles. The summed E-state index contributed by atoms with van der Waals surface area (Å²) in [6, 6.07) is 9.11. The van der Waals surface area contributed by atoms with Crippen molar-refractivity contribution in [3.63, 3.8) is 0 Å². The Hall–Kier alpha value is -2.08. The number of hydrogen-bond acceptors (Lipinski definition) is 5. The van der Waals surface area contributed by atoms with E-state index in [9.17, 15) is 4.79 Å². The van der Waals surface area contributed by atoms with Crippen LogP contribution in [0, 0.1) is 0 Å². The summed E-state index contributed by atoms with van der Waals surface area (Å²) in [5.74, 6) is -0.0370. The van der Waals surface area contributed by atoms with Gasteiger partial charge in [-0.05, 0) is 41.1 Å². The number of nitrogens with two attached hydrogens (primary N) is 1. The van der Waals surface area contributed by atoms with Gasteiger partial charge in [-0.2, -0.15) is 0 Å². The van der Waals surface area contributed by atoms with Crippen LogP contribution in [0.25, 0.3) is 0 Å². The molecule has 20 heavy (non-hydrogen) atoms. The maximum atomic E-state index is 11.8. The number of halogens is 1. The number of pyridine rings is 1. The first-order chi connectivity index (χ1) is 9.63. The normalized spacial score (nSPS) is 10.1. The van der Waals surface area contributed by atoms with Crippen LogP contribution in [0.5, 0.6) is 0 Å². The number of para-hydroxylation sites is 1. The Bertz CT molecular complexity index is 632. The van der Waals surface area contributed by atoms with Crippen LogP contribution in [0.4, 0.5) is 17.2 Å². The zero-order chi connectivity index (χ0) is 14.5. The molecule has 0 aliphatic carbocycles. The van der Waals surface area contributed by atoms with E-state index in [-0.39, 0.29) is 5.69 Å². The predicted octanol–water partition coefficient (Wildman–Crippen LogP) is 3.35. The Labute approximate surface area is 125 Å². The summed E-state index contributed by atoms with van der Waals surface area (Å²) in [4.78, 5) is 15.9. The van der Waals surface area contributed by atoms with Crippen molar-refractivity contribution in [2.75, 3.05) is 17.7 Å². The monoisotopic (exact) mass is 335 g/mol. The molecule has 5 nitrogen and oxygen atoms in total. The Balaban J connectivity index is 2.32. The molecule has 0 aliphatic rings. The molecule has 6 heteroatoms. The molecule has 1 heterocycles. The van der Waals surface area contributed by atoms with E-state index in [1.165, 1.54) is 6.20 Å². The van der Waals surface area contributed by atoms with Gasteiger partial charge in [-0.15, -0.1) is 0 Å². The van der Waals surface area contributed by atoms with Crippen molar-refractivity contribution in [3.8, 4) is 0 Å². The van der Waals surface area contributed by atoms with Crippen LogP contribution >= 0.6 is 15.9 Å². The molecule has 0 unspecified atom stereocenters. The van der Waals surface area contributed by atoms with E-state index in [1.54, 1.807) is 13.0 Å². The Morgan fingerprint density at radius 1 is 1.40 bits per heavy atom. The van der Waals surface area contributed by atoms with Gasteiger partial charge in [0.1, 0.15) is 0 Å². The average molecular weight is 336 g/mol. The summed E-state index contributed by atoms with van der Waals surface area (Å²) < 4.78 is 5.83. The molecule has 0 amide bonds. The van der Waals surface area contributed by atoms with Gasteiger partial charge in [-0.25, -0.2) is 9.78 Å². The number of carbonyl (C=O) groups is 1. The van der Waals surface area contributed by atoms with Crippen molar-refractivity contribution < 1.29 is 9.53 Å². The molecule has 1 aromatic carbocycles. The highest BCUT2D eigenvalue weighted by molar-refractivity contribution is 9.10. The number of ether oxygens (including phenoxy) is 1. The van der Waals surface area contributed by atoms with Crippen molar-refractivity contribution in [1.29, 1.82) is 0 Å². The zero-order valence-corrected chi connectivity index (χ0v) is 12.5. The van der Waals surface area contributed by atoms with Crippen molar-refractivity contribution in [3.05, 3.63) is 46.6 Å². The number of nitrogen functional groups attached to an aromatic ring is 1. The fourth-order valence-corrected chi connectivity index (χ4v) is 2.03. The topological polar surface area (TPSA) is 77.2 Å². The van der Waals surface area contributed by atoms with Crippen molar-refractivity contribution in [2.45, 2.75) is 6.92 Å². The van der Waals surface area contributed by atoms with Gasteiger partial charge in [-0.1, -0.05) is 12.1 Å². The minimum atomic E-state index is -0.456. The molecule has 104 valence electrons. The molecular formula is C14H14BrN3O2. The van der Waals surface area contributed by atoms with Gasteiger partial charge in [0.05, 0.1) is 23.5 Å². The highest BCUT2D eigenvalue weighted by atomic mass is 79.9. The molecular weight excluding hydrogens is 322 g/mol. The van der Waals surface area contributed by atoms with E-state index in [1.807, 2.05) is 24.3 Å². The Morgan fingerprint density at radius 3 is 2.85 bits per heavy atom. The van der Waals surface area contributed by atoms with Crippen LogP contribution in [0.3, 0.4) is 0 Å². The fourth-order valence-electron chi connectivity index (χ4n) is 1.65. The summed E-state index contributed by atoms with van der Waals surface area (Å²) in [6.45, 7) is 2.04. The number of nitrogens with one attached hydrogen (secondary N) is 1. The average Bonchev–Trinajstić information content (AvgIpc) is 2.43. The number of aromatic nitrogens is 1. The highest BCUT2D eigenvalue weighted by Crippen LogP contribution is 2.28. The summed E-state index contributed by atoms with van der Waals surface area (Å²) in [6.07, 6.45) is 1.52. The fraction of sp³-hybridized carbons (Fsp3) is 0.143. The summed E-state index contributed by atoms with van der Waals surface area (Å²) in [7, 11) is 0. The first-order valence-corrected chi connectivity index (χ1v) is 6.86. The summed E-state index contributed by atoms with van der Waals surface area (Å²) in [5, 5.41) is 3.09. The van der Waals surface area contributed by atoms with Gasteiger partial charge >= 0.3 is 5.97 Å². The van der Waals surface area contributed by atoms with E-state index < -0.39 is 5.97 Å². The second kappa shape index (κ2) is 6.38. The number of nitrogens with zero attached hydrogens (tertiary/aromatic N) is 1. The molecule has 0 fully saturated rings. The molecule has 0 spiro atoms. The quantitative estimate of drug-likeness (QED) is 0.838. The molecule has 0 saturated heterocycles. The Morgan fingerprint density at radius 2 is 2.15 bits per heavy atom. The second-order valence-corrected chi connectivity index (χ2v) is 4.80. The molecule has 0 radical (unpaired) electrons. The predicted molar refractivity (Wildman–Crippen MR) is 82.0 cm³/mol. The van der Waals surface area contributed by atoms with E-state index in [4.69, 9.17) is 10.5 Å². The summed E-state index contributed by atoms with van der Waals surface area (Å²) in [5.41, 5.74) is 7.35. The van der Waals surface area contributed by atoms with Gasteiger partial charge in [-0.3, -0.25) is 0 Å². The minimum absolute atomic E-state index is 0.265. The number of carbonyl (C=O) groups excluding carboxylic acids is 1. The molecule has 2 rings (SSSR count). The lowest BCUT2D eigenvalue weighted by atomic mass is 10.2. The number of benzene rings is 1. The van der Waals surface area contributed by atoms with Gasteiger partial charge in [0.25, 0.3) is 0 Å². The van der Waals surface area contributed by atoms with Crippen molar-refractivity contribution in [2.24, 2.45) is 0 Å². The van der Waals surface area contributed by atoms with E-state index >= 15 is 0 Å². The molecule has 3 N–H and O–H groups in total. The minimum Gasteiger partial charge on any atom is -0.462 e. The smallest absolute Gasteiger partial charge is 0.340 e. The third-order valence-corrected chi connectivity index (χ3v) is 3.30. The van der Waals surface area contributed by atoms with Crippen molar-refractivity contribution >= 4 is 39.1 Å². The van der Waals surface area contributed by atoms with Crippen LogP contribution < -0.4 is 11.1 Å². The number of anilines is 3. The zero-order valence-electron chi connectivity index (χ0n) is 10.9. The third-order valence-electron chi connectivity index (χ3n) is 2.61. The maximum absolute atomic E-state index is 11.8.